The molecule has 0 saturated carbocycles. The maximum atomic E-state index is 10.6. The van der Waals surface area contributed by atoms with Crippen LogP contribution < -0.4 is 0 Å². The minimum Gasteiger partial charge on any atom is -0.211 e. The smallest absolute Gasteiger partial charge is 0.211 e. The maximum absolute atomic E-state index is 10.6. The van der Waals surface area contributed by atoms with Crippen LogP contribution in [-0.4, -0.2) is 12.2 Å². The number of isocyanates is 2. The fourth-order valence-electron chi connectivity index (χ4n) is 2.06. The van der Waals surface area contributed by atoms with E-state index in [4.69, 9.17) is 0 Å². The summed E-state index contributed by atoms with van der Waals surface area (Å²) >= 11 is 0. The van der Waals surface area contributed by atoms with E-state index in [1.54, 1.807) is 12.2 Å². The maximum Gasteiger partial charge on any atom is 0.240 e. The van der Waals surface area contributed by atoms with Crippen molar-refractivity contribution in [1.29, 1.82) is 0 Å². The molecule has 0 fully saturated rings. The lowest BCUT2D eigenvalue weighted by atomic mass is 9.82. The second-order valence-electron chi connectivity index (χ2n) is 5.24. The second-order valence-corrected chi connectivity index (χ2v) is 5.24. The van der Waals surface area contributed by atoms with Crippen molar-refractivity contribution in [1.82, 2.24) is 0 Å². The monoisotopic (exact) mass is 244 g/mol. The molecule has 0 aliphatic carbocycles. The van der Waals surface area contributed by atoms with Gasteiger partial charge in [0, 0.05) is 5.56 Å². The van der Waals surface area contributed by atoms with Gasteiger partial charge in [0.2, 0.25) is 12.2 Å². The van der Waals surface area contributed by atoms with Gasteiger partial charge >= 0.3 is 0 Å². The summed E-state index contributed by atoms with van der Waals surface area (Å²) in [6.07, 6.45) is 3.12. The highest BCUT2D eigenvalue weighted by Crippen LogP contribution is 2.42. The van der Waals surface area contributed by atoms with E-state index in [0.717, 1.165) is 16.7 Å². The standard InChI is InChI=1S/C14H16N2O2/c1-9-6-10(2)13(16-8-18)11(14(3,4)5)12(9)15-7-17/h6H,1-5H3. The van der Waals surface area contributed by atoms with E-state index in [-0.39, 0.29) is 5.41 Å². The number of nitrogens with zero attached hydrogens (tertiary/aromatic N) is 2. The number of rotatable bonds is 2. The molecule has 4 nitrogen and oxygen atoms in total. The Morgan fingerprint density at radius 1 is 0.944 bits per heavy atom. The summed E-state index contributed by atoms with van der Waals surface area (Å²) in [6.45, 7) is 9.68. The summed E-state index contributed by atoms with van der Waals surface area (Å²) in [5.74, 6) is 0. The number of aliphatic imine (C=N–C) groups is 2. The lowest BCUT2D eigenvalue weighted by Gasteiger charge is -2.24. The minimum absolute atomic E-state index is 0.290. The average molecular weight is 244 g/mol. The van der Waals surface area contributed by atoms with E-state index < -0.39 is 0 Å². The van der Waals surface area contributed by atoms with Gasteiger partial charge < -0.3 is 0 Å². The lowest BCUT2D eigenvalue weighted by molar-refractivity contribution is 0.564. The summed E-state index contributed by atoms with van der Waals surface area (Å²) in [5, 5.41) is 0. The van der Waals surface area contributed by atoms with Crippen molar-refractivity contribution in [3.8, 4) is 0 Å². The SMILES string of the molecule is Cc1cc(C)c(N=C=O)c(C(C)(C)C)c1N=C=O. The van der Waals surface area contributed by atoms with Gasteiger partial charge in [-0.3, -0.25) is 0 Å². The molecule has 0 aliphatic rings. The molecule has 18 heavy (non-hydrogen) atoms. The van der Waals surface area contributed by atoms with Gasteiger partial charge in [0.25, 0.3) is 0 Å². The van der Waals surface area contributed by atoms with Crippen molar-refractivity contribution in [2.45, 2.75) is 40.0 Å². The van der Waals surface area contributed by atoms with Gasteiger partial charge in [0.1, 0.15) is 0 Å². The molecule has 1 aromatic rings. The molecule has 1 aromatic carbocycles. The first-order chi connectivity index (χ1) is 8.32. The second kappa shape index (κ2) is 5.09. The Morgan fingerprint density at radius 2 is 1.33 bits per heavy atom. The normalized spacial score (nSPS) is 10.5. The Kier molecular flexibility index (Phi) is 3.97. The van der Waals surface area contributed by atoms with E-state index in [2.05, 4.69) is 9.98 Å². The van der Waals surface area contributed by atoms with Gasteiger partial charge in [-0.15, -0.1) is 0 Å². The van der Waals surface area contributed by atoms with Crippen LogP contribution in [0.2, 0.25) is 0 Å². The molecule has 0 bridgehead atoms. The first kappa shape index (κ1) is 14.0. The zero-order valence-electron chi connectivity index (χ0n) is 11.3. The Balaban J connectivity index is 3.88. The first-order valence-corrected chi connectivity index (χ1v) is 5.63. The molecule has 0 unspecified atom stereocenters. The molecule has 0 heterocycles. The zero-order chi connectivity index (χ0) is 13.9. The molecule has 0 saturated heterocycles. The van der Waals surface area contributed by atoms with Gasteiger partial charge in [-0.05, 0) is 30.4 Å². The molecule has 0 N–H and O–H groups in total. The molecule has 0 spiro atoms. The van der Waals surface area contributed by atoms with Crippen LogP contribution in [0.4, 0.5) is 11.4 Å². The Labute approximate surface area is 106 Å². The predicted octanol–water partition coefficient (Wildman–Crippen LogP) is 3.54. The molecule has 0 aromatic heterocycles. The largest absolute Gasteiger partial charge is 0.240 e. The van der Waals surface area contributed by atoms with Crippen LogP contribution in [-0.2, 0) is 15.0 Å². The summed E-state index contributed by atoms with van der Waals surface area (Å²) in [6, 6.07) is 1.85. The van der Waals surface area contributed by atoms with E-state index in [1.165, 1.54) is 0 Å². The molecular formula is C14H16N2O2. The van der Waals surface area contributed by atoms with Gasteiger partial charge in [0.15, 0.2) is 0 Å². The van der Waals surface area contributed by atoms with Gasteiger partial charge in [-0.2, -0.15) is 9.98 Å². The van der Waals surface area contributed by atoms with Crippen LogP contribution in [0.25, 0.3) is 0 Å². The first-order valence-electron chi connectivity index (χ1n) is 5.63. The van der Waals surface area contributed by atoms with Gasteiger partial charge in [-0.25, -0.2) is 9.59 Å². The van der Waals surface area contributed by atoms with Crippen molar-refractivity contribution in [3.05, 3.63) is 22.8 Å². The van der Waals surface area contributed by atoms with Crippen molar-refractivity contribution in [2.24, 2.45) is 9.98 Å². The molecule has 4 heteroatoms. The Bertz CT molecular complexity index is 528. The van der Waals surface area contributed by atoms with Crippen molar-refractivity contribution in [3.63, 3.8) is 0 Å². The molecule has 0 radical (unpaired) electrons. The Morgan fingerprint density at radius 3 is 1.61 bits per heavy atom. The van der Waals surface area contributed by atoms with Crippen molar-refractivity contribution < 1.29 is 9.59 Å². The van der Waals surface area contributed by atoms with E-state index in [1.807, 2.05) is 40.7 Å². The quantitative estimate of drug-likeness (QED) is 0.590. The third-order valence-electron chi connectivity index (χ3n) is 2.72. The summed E-state index contributed by atoms with van der Waals surface area (Å²) in [7, 11) is 0. The highest BCUT2D eigenvalue weighted by Gasteiger charge is 2.25. The molecule has 0 amide bonds. The minimum atomic E-state index is -0.290. The molecular weight excluding hydrogens is 228 g/mol. The van der Waals surface area contributed by atoms with Crippen LogP contribution in [0.3, 0.4) is 0 Å². The highest BCUT2D eigenvalue weighted by molar-refractivity contribution is 5.73. The van der Waals surface area contributed by atoms with Crippen LogP contribution in [0, 0.1) is 13.8 Å². The third kappa shape index (κ3) is 2.62. The zero-order valence-corrected chi connectivity index (χ0v) is 11.3. The lowest BCUT2D eigenvalue weighted by Crippen LogP contribution is -2.13. The van der Waals surface area contributed by atoms with E-state index >= 15 is 0 Å². The average Bonchev–Trinajstić information content (AvgIpc) is 2.23. The topological polar surface area (TPSA) is 58.9 Å². The fourth-order valence-corrected chi connectivity index (χ4v) is 2.06. The van der Waals surface area contributed by atoms with Crippen LogP contribution in [0.5, 0.6) is 0 Å². The predicted molar refractivity (Wildman–Crippen MR) is 70.2 cm³/mol. The number of benzene rings is 1. The summed E-state index contributed by atoms with van der Waals surface area (Å²) < 4.78 is 0. The van der Waals surface area contributed by atoms with Gasteiger partial charge in [-0.1, -0.05) is 26.8 Å². The number of hydrogen-bond donors (Lipinski definition) is 0. The Hall–Kier alpha value is -2.02. The number of aryl methyl sites for hydroxylation is 2. The van der Waals surface area contributed by atoms with Crippen molar-refractivity contribution in [2.75, 3.05) is 0 Å². The third-order valence-corrected chi connectivity index (χ3v) is 2.72. The van der Waals surface area contributed by atoms with Gasteiger partial charge in [0.05, 0.1) is 11.4 Å². The van der Waals surface area contributed by atoms with Crippen LogP contribution in [0.1, 0.15) is 37.5 Å². The summed E-state index contributed by atoms with van der Waals surface area (Å²) in [5.41, 5.74) is 3.29. The van der Waals surface area contributed by atoms with E-state index in [0.29, 0.717) is 11.4 Å². The molecule has 1 rings (SSSR count). The molecule has 0 atom stereocenters. The van der Waals surface area contributed by atoms with Crippen LogP contribution in [0.15, 0.2) is 16.1 Å². The number of carbonyl (C=O) groups excluding carboxylic acids is 2. The highest BCUT2D eigenvalue weighted by atomic mass is 16.1. The molecule has 0 aliphatic heterocycles. The van der Waals surface area contributed by atoms with E-state index in [9.17, 15) is 9.59 Å². The fraction of sp³-hybridized carbons (Fsp3) is 0.429. The van der Waals surface area contributed by atoms with Crippen LogP contribution >= 0.6 is 0 Å². The molecule has 94 valence electrons. The van der Waals surface area contributed by atoms with Crippen molar-refractivity contribution >= 4 is 23.5 Å². The number of hydrogen-bond acceptors (Lipinski definition) is 4. The summed E-state index contributed by atoms with van der Waals surface area (Å²) in [4.78, 5) is 28.6.